The van der Waals surface area contributed by atoms with Crippen molar-refractivity contribution in [1.29, 1.82) is 0 Å². The first-order valence-corrected chi connectivity index (χ1v) is 9.34. The maximum atomic E-state index is 12.5. The van der Waals surface area contributed by atoms with Crippen LogP contribution in [0.1, 0.15) is 25.7 Å². The lowest BCUT2D eigenvalue weighted by molar-refractivity contribution is -0.117. The number of rotatable bonds is 4. The molecule has 0 aromatic carbocycles. The Bertz CT molecular complexity index is 994. The van der Waals surface area contributed by atoms with E-state index in [0.29, 0.717) is 30.1 Å². The number of fused-ring (bicyclic) bond motifs is 3. The van der Waals surface area contributed by atoms with Gasteiger partial charge < -0.3 is 5.32 Å². The molecule has 2 aliphatic heterocycles. The first-order valence-electron chi connectivity index (χ1n) is 9.34. The third-order valence-electron chi connectivity index (χ3n) is 5.67. The van der Waals surface area contributed by atoms with Gasteiger partial charge in [0.1, 0.15) is 11.5 Å². The number of nitrogens with zero attached hydrogens (tertiary/aromatic N) is 6. The first kappa shape index (κ1) is 16.3. The number of carbonyl (C=O) groups is 1. The first-order chi connectivity index (χ1) is 13.2. The molecule has 3 aromatic rings. The summed E-state index contributed by atoms with van der Waals surface area (Å²) in [5.74, 6) is 0.569. The van der Waals surface area contributed by atoms with Crippen molar-refractivity contribution in [3.8, 4) is 11.4 Å². The van der Waals surface area contributed by atoms with E-state index >= 15 is 0 Å². The molecule has 5 rings (SSSR count). The smallest absolute Gasteiger partial charge is 0.239 e. The predicted molar refractivity (Wildman–Crippen MR) is 101 cm³/mol. The normalized spacial score (nSPS) is 21.8. The van der Waals surface area contributed by atoms with Crippen LogP contribution in [0.2, 0.25) is 0 Å². The topological polar surface area (TPSA) is 88.8 Å². The summed E-state index contributed by atoms with van der Waals surface area (Å²) in [5, 5.41) is 12.9. The highest BCUT2D eigenvalue weighted by Crippen LogP contribution is 2.36. The molecule has 0 spiro atoms. The Labute approximate surface area is 156 Å². The summed E-state index contributed by atoms with van der Waals surface area (Å²) in [6.07, 6.45) is 10.2. The third kappa shape index (κ3) is 3.06. The Morgan fingerprint density at radius 3 is 2.52 bits per heavy atom. The summed E-state index contributed by atoms with van der Waals surface area (Å²) >= 11 is 0. The summed E-state index contributed by atoms with van der Waals surface area (Å²) < 4.78 is 1.64. The van der Waals surface area contributed by atoms with Crippen LogP contribution in [0.15, 0.2) is 30.7 Å². The summed E-state index contributed by atoms with van der Waals surface area (Å²) in [7, 11) is 1.82. The van der Waals surface area contributed by atoms with Crippen LogP contribution in [-0.4, -0.2) is 54.4 Å². The molecule has 5 heterocycles. The average molecular weight is 363 g/mol. The standard InChI is InChI=1S/C19H21N7O/c1-25-10-17(23-24-25)16-6-12-7-18(21-9-13(12)8-20-16)22-19(27)11-26-14-2-3-15(26)5-4-14/h6-10,14-15H,2-5,11H2,1H3,(H,21,22,27). The second kappa shape index (κ2) is 6.38. The maximum absolute atomic E-state index is 12.5. The summed E-state index contributed by atoms with van der Waals surface area (Å²) in [5.41, 5.74) is 1.46. The molecule has 2 bridgehead atoms. The van der Waals surface area contributed by atoms with E-state index in [9.17, 15) is 4.79 Å². The average Bonchev–Trinajstić information content (AvgIpc) is 3.37. The Kier molecular flexibility index (Phi) is 3.86. The second-order valence-corrected chi connectivity index (χ2v) is 7.45. The van der Waals surface area contributed by atoms with Gasteiger partial charge in [-0.1, -0.05) is 5.21 Å². The van der Waals surface area contributed by atoms with Crippen molar-refractivity contribution < 1.29 is 4.79 Å². The van der Waals surface area contributed by atoms with Crippen molar-refractivity contribution in [2.45, 2.75) is 37.8 Å². The van der Waals surface area contributed by atoms with E-state index in [-0.39, 0.29) is 5.91 Å². The molecule has 8 nitrogen and oxygen atoms in total. The number of hydrogen-bond donors (Lipinski definition) is 1. The molecule has 0 radical (unpaired) electrons. The number of amides is 1. The van der Waals surface area contributed by atoms with Gasteiger partial charge in [0.15, 0.2) is 0 Å². The van der Waals surface area contributed by atoms with Crippen LogP contribution in [0.4, 0.5) is 5.82 Å². The Hall–Kier alpha value is -2.87. The molecule has 2 aliphatic rings. The number of aryl methyl sites for hydroxylation is 1. The fourth-order valence-corrected chi connectivity index (χ4v) is 4.34. The fourth-order valence-electron chi connectivity index (χ4n) is 4.34. The number of aromatic nitrogens is 5. The molecule has 2 fully saturated rings. The molecule has 1 N–H and O–H groups in total. The molecule has 1 amide bonds. The third-order valence-corrected chi connectivity index (χ3v) is 5.67. The van der Waals surface area contributed by atoms with Crippen LogP contribution in [0.25, 0.3) is 22.2 Å². The van der Waals surface area contributed by atoms with Crippen molar-refractivity contribution in [2.24, 2.45) is 7.05 Å². The van der Waals surface area contributed by atoms with E-state index in [4.69, 9.17) is 0 Å². The van der Waals surface area contributed by atoms with Crippen molar-refractivity contribution in [3.05, 3.63) is 30.7 Å². The van der Waals surface area contributed by atoms with Gasteiger partial charge in [-0.25, -0.2) is 4.98 Å². The maximum Gasteiger partial charge on any atom is 0.239 e. The van der Waals surface area contributed by atoms with Gasteiger partial charge in [-0.05, 0) is 43.2 Å². The van der Waals surface area contributed by atoms with Crippen LogP contribution in [-0.2, 0) is 11.8 Å². The second-order valence-electron chi connectivity index (χ2n) is 7.45. The van der Waals surface area contributed by atoms with E-state index in [1.165, 1.54) is 25.7 Å². The van der Waals surface area contributed by atoms with Gasteiger partial charge in [0.25, 0.3) is 0 Å². The zero-order chi connectivity index (χ0) is 18.4. The van der Waals surface area contributed by atoms with Crippen molar-refractivity contribution in [1.82, 2.24) is 29.9 Å². The molecule has 0 atom stereocenters. The molecule has 0 aliphatic carbocycles. The van der Waals surface area contributed by atoms with E-state index in [0.717, 1.165) is 16.5 Å². The summed E-state index contributed by atoms with van der Waals surface area (Å²) in [6, 6.07) is 5.00. The number of hydrogen-bond acceptors (Lipinski definition) is 6. The summed E-state index contributed by atoms with van der Waals surface area (Å²) in [6.45, 7) is 0.455. The molecule has 0 unspecified atom stereocenters. The minimum Gasteiger partial charge on any atom is -0.310 e. The molecule has 27 heavy (non-hydrogen) atoms. The molecule has 2 saturated heterocycles. The zero-order valence-electron chi connectivity index (χ0n) is 15.2. The lowest BCUT2D eigenvalue weighted by Gasteiger charge is -2.20. The van der Waals surface area contributed by atoms with Gasteiger partial charge in [-0.3, -0.25) is 19.4 Å². The predicted octanol–water partition coefficient (Wildman–Crippen LogP) is 1.99. The number of carbonyl (C=O) groups excluding carboxylic acids is 1. The van der Waals surface area contributed by atoms with E-state index < -0.39 is 0 Å². The molecular weight excluding hydrogens is 342 g/mol. The number of anilines is 1. The highest BCUT2D eigenvalue weighted by atomic mass is 16.2. The zero-order valence-corrected chi connectivity index (χ0v) is 15.2. The lowest BCUT2D eigenvalue weighted by Crippen LogP contribution is -2.36. The van der Waals surface area contributed by atoms with Gasteiger partial charge >= 0.3 is 0 Å². The molecule has 3 aromatic heterocycles. The van der Waals surface area contributed by atoms with Gasteiger partial charge in [0, 0.05) is 36.9 Å². The minimum atomic E-state index is 0.00357. The highest BCUT2D eigenvalue weighted by Gasteiger charge is 2.39. The number of nitrogens with one attached hydrogen (secondary N) is 1. The molecule has 8 heteroatoms. The largest absolute Gasteiger partial charge is 0.310 e. The summed E-state index contributed by atoms with van der Waals surface area (Å²) in [4.78, 5) is 23.6. The Morgan fingerprint density at radius 2 is 1.81 bits per heavy atom. The highest BCUT2D eigenvalue weighted by molar-refractivity contribution is 5.94. The van der Waals surface area contributed by atoms with Gasteiger partial charge in [-0.15, -0.1) is 5.10 Å². The Morgan fingerprint density at radius 1 is 1.07 bits per heavy atom. The van der Waals surface area contributed by atoms with Crippen LogP contribution in [0.3, 0.4) is 0 Å². The van der Waals surface area contributed by atoms with Crippen LogP contribution in [0, 0.1) is 0 Å². The molecular formula is C19H21N7O. The van der Waals surface area contributed by atoms with E-state index in [1.807, 2.05) is 25.4 Å². The van der Waals surface area contributed by atoms with E-state index in [2.05, 4.69) is 30.5 Å². The van der Waals surface area contributed by atoms with Gasteiger partial charge in [0.2, 0.25) is 5.91 Å². The van der Waals surface area contributed by atoms with Crippen LogP contribution >= 0.6 is 0 Å². The minimum absolute atomic E-state index is 0.00357. The van der Waals surface area contributed by atoms with Crippen LogP contribution < -0.4 is 5.32 Å². The van der Waals surface area contributed by atoms with Crippen molar-refractivity contribution in [3.63, 3.8) is 0 Å². The van der Waals surface area contributed by atoms with Gasteiger partial charge in [-0.2, -0.15) is 0 Å². The Balaban J connectivity index is 1.35. The number of pyridine rings is 2. The van der Waals surface area contributed by atoms with Gasteiger partial charge in [0.05, 0.1) is 18.4 Å². The van der Waals surface area contributed by atoms with E-state index in [1.54, 1.807) is 17.1 Å². The van der Waals surface area contributed by atoms with Crippen molar-refractivity contribution in [2.75, 3.05) is 11.9 Å². The quantitative estimate of drug-likeness (QED) is 0.763. The lowest BCUT2D eigenvalue weighted by atomic mass is 10.0. The SMILES string of the molecule is Cn1cc(-c2cc3cc(NC(=O)CN4C5CCC4CC5)ncc3cn2)nn1. The monoisotopic (exact) mass is 363 g/mol. The molecule has 0 saturated carbocycles. The molecule has 138 valence electrons. The fraction of sp³-hybridized carbons (Fsp3) is 0.421. The van der Waals surface area contributed by atoms with Crippen LogP contribution in [0.5, 0.6) is 0 Å². The van der Waals surface area contributed by atoms with Crippen molar-refractivity contribution >= 4 is 22.5 Å².